The normalized spacial score (nSPS) is 18.0. The van der Waals surface area contributed by atoms with Gasteiger partial charge in [0.15, 0.2) is 0 Å². The van der Waals surface area contributed by atoms with Gasteiger partial charge in [0.25, 0.3) is 0 Å². The molecule has 0 aromatic heterocycles. The largest absolute Gasteiger partial charge is 0.399 e. The highest BCUT2D eigenvalue weighted by Crippen LogP contribution is 2.30. The van der Waals surface area contributed by atoms with Gasteiger partial charge in [-0.3, -0.25) is 0 Å². The molecule has 1 heterocycles. The van der Waals surface area contributed by atoms with Crippen LogP contribution in [0.1, 0.15) is 35.4 Å². The van der Waals surface area contributed by atoms with Crippen LogP contribution in [0.2, 0.25) is 0 Å². The summed E-state index contributed by atoms with van der Waals surface area (Å²) < 4.78 is 0. The fraction of sp³-hybridized carbons (Fsp3) is 0.538. The van der Waals surface area contributed by atoms with Gasteiger partial charge < -0.3 is 11.1 Å². The van der Waals surface area contributed by atoms with E-state index in [0.29, 0.717) is 0 Å². The highest BCUT2D eigenvalue weighted by Gasteiger charge is 2.17. The van der Waals surface area contributed by atoms with Gasteiger partial charge in [-0.2, -0.15) is 0 Å². The first-order chi connectivity index (χ1) is 7.18. The molecule has 0 unspecified atom stereocenters. The Labute approximate surface area is 91.9 Å². The van der Waals surface area contributed by atoms with Gasteiger partial charge in [0, 0.05) is 5.69 Å². The Morgan fingerprint density at radius 1 is 1.13 bits per heavy atom. The molecule has 0 aliphatic carbocycles. The predicted octanol–water partition coefficient (Wildman–Crippen LogP) is 2.35. The first kappa shape index (κ1) is 10.5. The Morgan fingerprint density at radius 3 is 2.47 bits per heavy atom. The fourth-order valence-corrected chi connectivity index (χ4v) is 2.43. The Kier molecular flexibility index (Phi) is 2.96. The number of anilines is 1. The van der Waals surface area contributed by atoms with Crippen LogP contribution in [0, 0.1) is 13.8 Å². The van der Waals surface area contributed by atoms with Gasteiger partial charge in [-0.25, -0.2) is 0 Å². The molecule has 2 nitrogen and oxygen atoms in total. The SMILES string of the molecule is Cc1cc(C2CCNCC2)c(C)cc1N. The Hall–Kier alpha value is -1.02. The molecule has 1 aromatic rings. The molecule has 1 aliphatic rings. The van der Waals surface area contributed by atoms with Gasteiger partial charge >= 0.3 is 0 Å². The molecule has 0 atom stereocenters. The molecule has 15 heavy (non-hydrogen) atoms. The lowest BCUT2D eigenvalue weighted by Crippen LogP contribution is -2.27. The van der Waals surface area contributed by atoms with Crippen LogP contribution in [0.4, 0.5) is 5.69 Å². The van der Waals surface area contributed by atoms with Gasteiger partial charge in [0.2, 0.25) is 0 Å². The molecule has 2 heteroatoms. The van der Waals surface area contributed by atoms with Gasteiger partial charge in [-0.15, -0.1) is 0 Å². The van der Waals surface area contributed by atoms with E-state index in [9.17, 15) is 0 Å². The van der Waals surface area contributed by atoms with Gasteiger partial charge in [-0.1, -0.05) is 6.07 Å². The first-order valence-electron chi connectivity index (χ1n) is 5.76. The summed E-state index contributed by atoms with van der Waals surface area (Å²) in [5, 5.41) is 3.41. The number of piperidine rings is 1. The maximum Gasteiger partial charge on any atom is 0.0346 e. The highest BCUT2D eigenvalue weighted by molar-refractivity contribution is 5.52. The van der Waals surface area contributed by atoms with Crippen molar-refractivity contribution in [1.29, 1.82) is 0 Å². The summed E-state index contributed by atoms with van der Waals surface area (Å²) in [4.78, 5) is 0. The molecule has 1 aliphatic heterocycles. The summed E-state index contributed by atoms with van der Waals surface area (Å²) in [5.74, 6) is 0.727. The predicted molar refractivity (Wildman–Crippen MR) is 65.2 cm³/mol. The maximum atomic E-state index is 5.91. The Bertz CT molecular complexity index is 352. The molecular formula is C13H20N2. The van der Waals surface area contributed by atoms with Crippen LogP contribution in [-0.4, -0.2) is 13.1 Å². The lowest BCUT2D eigenvalue weighted by atomic mass is 9.86. The molecule has 1 aromatic carbocycles. The van der Waals surface area contributed by atoms with E-state index in [2.05, 4.69) is 31.3 Å². The number of nitrogens with two attached hydrogens (primary N) is 1. The van der Waals surface area contributed by atoms with Crippen LogP contribution in [0.3, 0.4) is 0 Å². The number of nitrogens with one attached hydrogen (secondary N) is 1. The van der Waals surface area contributed by atoms with Crippen molar-refractivity contribution in [3.05, 3.63) is 28.8 Å². The van der Waals surface area contributed by atoms with E-state index in [1.807, 2.05) is 0 Å². The number of hydrogen-bond donors (Lipinski definition) is 2. The molecule has 3 N–H and O–H groups in total. The number of rotatable bonds is 1. The molecular weight excluding hydrogens is 184 g/mol. The van der Waals surface area contributed by atoms with Crippen molar-refractivity contribution in [2.75, 3.05) is 18.8 Å². The monoisotopic (exact) mass is 204 g/mol. The summed E-state index contributed by atoms with van der Waals surface area (Å²) in [6, 6.07) is 4.40. The van der Waals surface area contributed by atoms with Gasteiger partial charge in [-0.05, 0) is 68.5 Å². The second-order valence-corrected chi connectivity index (χ2v) is 4.59. The van der Waals surface area contributed by atoms with E-state index in [0.717, 1.165) is 24.7 Å². The third kappa shape index (κ3) is 2.15. The van der Waals surface area contributed by atoms with Crippen molar-refractivity contribution in [2.45, 2.75) is 32.6 Å². The van der Waals surface area contributed by atoms with E-state index in [-0.39, 0.29) is 0 Å². The number of benzene rings is 1. The summed E-state index contributed by atoms with van der Waals surface area (Å²) in [6.45, 7) is 6.56. The number of aryl methyl sites for hydroxylation is 2. The van der Waals surface area contributed by atoms with Crippen LogP contribution in [0.5, 0.6) is 0 Å². The van der Waals surface area contributed by atoms with Gasteiger partial charge in [0.05, 0.1) is 0 Å². The Balaban J connectivity index is 2.30. The quantitative estimate of drug-likeness (QED) is 0.689. The van der Waals surface area contributed by atoms with E-state index < -0.39 is 0 Å². The molecule has 0 spiro atoms. The molecule has 1 saturated heterocycles. The van der Waals surface area contributed by atoms with Crippen molar-refractivity contribution in [3.8, 4) is 0 Å². The van der Waals surface area contributed by atoms with E-state index in [1.165, 1.54) is 29.5 Å². The molecule has 1 fully saturated rings. The molecule has 0 amide bonds. The highest BCUT2D eigenvalue weighted by atomic mass is 14.9. The van der Waals surface area contributed by atoms with E-state index >= 15 is 0 Å². The van der Waals surface area contributed by atoms with Crippen LogP contribution in [0.25, 0.3) is 0 Å². The maximum absolute atomic E-state index is 5.91. The standard InChI is InChI=1S/C13H20N2/c1-9-8-13(14)10(2)7-12(9)11-3-5-15-6-4-11/h7-8,11,15H,3-6,14H2,1-2H3. The minimum atomic E-state index is 0.727. The zero-order valence-electron chi connectivity index (χ0n) is 9.64. The van der Waals surface area contributed by atoms with Crippen molar-refractivity contribution >= 4 is 5.69 Å². The number of nitrogen functional groups attached to an aromatic ring is 1. The first-order valence-corrected chi connectivity index (χ1v) is 5.76. The van der Waals surface area contributed by atoms with Crippen molar-refractivity contribution in [1.82, 2.24) is 5.32 Å². The average Bonchev–Trinajstić information content (AvgIpc) is 2.25. The molecule has 0 radical (unpaired) electrons. The second-order valence-electron chi connectivity index (χ2n) is 4.59. The average molecular weight is 204 g/mol. The number of hydrogen-bond acceptors (Lipinski definition) is 2. The molecule has 82 valence electrons. The zero-order chi connectivity index (χ0) is 10.8. The minimum Gasteiger partial charge on any atom is -0.399 e. The molecule has 0 saturated carbocycles. The summed E-state index contributed by atoms with van der Waals surface area (Å²) in [5.41, 5.74) is 10.9. The van der Waals surface area contributed by atoms with Gasteiger partial charge in [0.1, 0.15) is 0 Å². The topological polar surface area (TPSA) is 38.0 Å². The summed E-state index contributed by atoms with van der Waals surface area (Å²) in [6.07, 6.45) is 2.51. The fourth-order valence-electron chi connectivity index (χ4n) is 2.43. The zero-order valence-corrected chi connectivity index (χ0v) is 9.64. The smallest absolute Gasteiger partial charge is 0.0346 e. The Morgan fingerprint density at radius 2 is 1.80 bits per heavy atom. The van der Waals surface area contributed by atoms with Crippen LogP contribution < -0.4 is 11.1 Å². The summed E-state index contributed by atoms with van der Waals surface area (Å²) >= 11 is 0. The third-order valence-corrected chi connectivity index (χ3v) is 3.43. The molecule has 2 rings (SSSR count). The minimum absolute atomic E-state index is 0.727. The summed E-state index contributed by atoms with van der Waals surface area (Å²) in [7, 11) is 0. The molecule has 0 bridgehead atoms. The third-order valence-electron chi connectivity index (χ3n) is 3.43. The van der Waals surface area contributed by atoms with Crippen LogP contribution >= 0.6 is 0 Å². The van der Waals surface area contributed by atoms with Crippen molar-refractivity contribution in [2.24, 2.45) is 0 Å². The van der Waals surface area contributed by atoms with Crippen molar-refractivity contribution < 1.29 is 0 Å². The lowest BCUT2D eigenvalue weighted by Gasteiger charge is -2.25. The second kappa shape index (κ2) is 4.23. The van der Waals surface area contributed by atoms with E-state index in [1.54, 1.807) is 0 Å². The van der Waals surface area contributed by atoms with Crippen molar-refractivity contribution in [3.63, 3.8) is 0 Å². The van der Waals surface area contributed by atoms with Crippen LogP contribution in [0.15, 0.2) is 12.1 Å². The van der Waals surface area contributed by atoms with Crippen LogP contribution in [-0.2, 0) is 0 Å². The van der Waals surface area contributed by atoms with E-state index in [4.69, 9.17) is 5.73 Å². The lowest BCUT2D eigenvalue weighted by molar-refractivity contribution is 0.459.